The first-order valence-electron chi connectivity index (χ1n) is 16.7. The molecule has 3 heterocycles. The van der Waals surface area contributed by atoms with Gasteiger partial charge in [0.1, 0.15) is 11.2 Å². The first-order valence-corrected chi connectivity index (χ1v) is 16.7. The van der Waals surface area contributed by atoms with Crippen LogP contribution in [0.1, 0.15) is 0 Å². The van der Waals surface area contributed by atoms with Gasteiger partial charge in [-0.2, -0.15) is 9.97 Å². The highest BCUT2D eigenvalue weighted by molar-refractivity contribution is 6.09. The molecule has 7 aromatic carbocycles. The molecular formula is C45H28N4O. The zero-order valence-corrected chi connectivity index (χ0v) is 26.9. The summed E-state index contributed by atoms with van der Waals surface area (Å²) in [6.45, 7) is 0. The van der Waals surface area contributed by atoms with Crippen LogP contribution in [-0.2, 0) is 0 Å². The minimum atomic E-state index is 0.578. The van der Waals surface area contributed by atoms with Gasteiger partial charge in [-0.3, -0.25) is 4.57 Å². The normalized spacial score (nSPS) is 11.6. The number of benzene rings is 7. The number of nitrogens with zero attached hydrogens (tertiary/aromatic N) is 4. The van der Waals surface area contributed by atoms with E-state index in [1.165, 1.54) is 5.56 Å². The fraction of sp³-hybridized carbons (Fsp3) is 0. The Bertz CT molecular complexity index is 2800. The monoisotopic (exact) mass is 640 g/mol. The average molecular weight is 641 g/mol. The zero-order chi connectivity index (χ0) is 33.0. The van der Waals surface area contributed by atoms with Crippen LogP contribution in [0.4, 0.5) is 0 Å². The summed E-state index contributed by atoms with van der Waals surface area (Å²) in [5.41, 5.74) is 10.2. The van der Waals surface area contributed by atoms with Gasteiger partial charge in [-0.1, -0.05) is 140 Å². The van der Waals surface area contributed by atoms with Gasteiger partial charge in [0.15, 0.2) is 11.6 Å². The molecule has 3 aromatic heterocycles. The zero-order valence-electron chi connectivity index (χ0n) is 26.9. The molecule has 0 radical (unpaired) electrons. The van der Waals surface area contributed by atoms with Crippen LogP contribution in [0.25, 0.3) is 94.7 Å². The summed E-state index contributed by atoms with van der Waals surface area (Å²) >= 11 is 0. The molecule has 0 saturated carbocycles. The van der Waals surface area contributed by atoms with Gasteiger partial charge in [0, 0.05) is 32.7 Å². The molecule has 0 fully saturated rings. The molecule has 0 bridgehead atoms. The minimum absolute atomic E-state index is 0.578. The molecule has 0 aliphatic rings. The number of para-hydroxylation sites is 3. The van der Waals surface area contributed by atoms with E-state index in [2.05, 4.69) is 150 Å². The van der Waals surface area contributed by atoms with Gasteiger partial charge in [-0.25, -0.2) is 4.98 Å². The van der Waals surface area contributed by atoms with E-state index >= 15 is 0 Å². The van der Waals surface area contributed by atoms with Crippen molar-refractivity contribution < 1.29 is 4.42 Å². The third-order valence-electron chi connectivity index (χ3n) is 9.51. The van der Waals surface area contributed by atoms with E-state index in [0.29, 0.717) is 17.6 Å². The smallest absolute Gasteiger partial charge is 0.238 e. The van der Waals surface area contributed by atoms with Crippen LogP contribution >= 0.6 is 0 Å². The number of aromatic nitrogens is 4. The van der Waals surface area contributed by atoms with E-state index < -0.39 is 0 Å². The molecule has 0 unspecified atom stereocenters. The summed E-state index contributed by atoms with van der Waals surface area (Å²) in [4.78, 5) is 15.3. The molecule has 10 aromatic rings. The van der Waals surface area contributed by atoms with E-state index in [0.717, 1.165) is 71.6 Å². The van der Waals surface area contributed by atoms with Crippen LogP contribution in [-0.4, -0.2) is 19.5 Å². The fourth-order valence-electron chi connectivity index (χ4n) is 7.02. The SMILES string of the molecule is c1ccc(-c2ccc(-c3nc(-c4ccc(-c5ccc6c(c5)oc5ccccc56)cc4)nc(-n4c5ccccc5c5ccccc54)n3)cc2)cc1. The largest absolute Gasteiger partial charge is 0.456 e. The third-order valence-corrected chi connectivity index (χ3v) is 9.51. The molecule has 10 rings (SSSR count). The molecule has 0 saturated heterocycles. The van der Waals surface area contributed by atoms with Crippen molar-refractivity contribution in [3.63, 3.8) is 0 Å². The van der Waals surface area contributed by atoms with Gasteiger partial charge in [0.2, 0.25) is 5.95 Å². The Morgan fingerprint density at radius 3 is 1.44 bits per heavy atom. The van der Waals surface area contributed by atoms with E-state index in [9.17, 15) is 0 Å². The van der Waals surface area contributed by atoms with Crippen LogP contribution in [0.5, 0.6) is 0 Å². The topological polar surface area (TPSA) is 56.7 Å². The predicted octanol–water partition coefficient (Wildman–Crippen LogP) is 11.5. The summed E-state index contributed by atoms with van der Waals surface area (Å²) < 4.78 is 8.32. The highest BCUT2D eigenvalue weighted by Gasteiger charge is 2.18. The molecule has 0 aliphatic heterocycles. The maximum Gasteiger partial charge on any atom is 0.238 e. The Hall–Kier alpha value is -6.85. The van der Waals surface area contributed by atoms with Crippen LogP contribution in [0, 0.1) is 0 Å². The van der Waals surface area contributed by atoms with E-state index in [1.54, 1.807) is 0 Å². The lowest BCUT2D eigenvalue weighted by molar-refractivity contribution is 0.669. The highest BCUT2D eigenvalue weighted by atomic mass is 16.3. The Balaban J connectivity index is 1.10. The third kappa shape index (κ3) is 4.67. The van der Waals surface area contributed by atoms with Crippen molar-refractivity contribution in [2.45, 2.75) is 0 Å². The van der Waals surface area contributed by atoms with Gasteiger partial charge in [0.05, 0.1) is 11.0 Å². The van der Waals surface area contributed by atoms with Crippen molar-refractivity contribution in [1.29, 1.82) is 0 Å². The average Bonchev–Trinajstić information content (AvgIpc) is 3.74. The maximum absolute atomic E-state index is 6.18. The standard InChI is InChI=1S/C45H28N4O/c1-2-10-29(11-3-1)30-18-22-32(23-19-30)43-46-44(48-45(47-43)49-39-15-7-4-12-35(39)36-13-5-8-16-40(36)49)33-24-20-31(21-25-33)34-26-27-38-37-14-6-9-17-41(37)50-42(38)28-34/h1-28H. The van der Waals surface area contributed by atoms with Gasteiger partial charge in [-0.15, -0.1) is 0 Å². The highest BCUT2D eigenvalue weighted by Crippen LogP contribution is 2.35. The number of rotatable bonds is 5. The Morgan fingerprint density at radius 1 is 0.340 bits per heavy atom. The lowest BCUT2D eigenvalue weighted by Crippen LogP contribution is -2.06. The Labute approximate surface area is 287 Å². The van der Waals surface area contributed by atoms with Crippen molar-refractivity contribution in [2.75, 3.05) is 0 Å². The van der Waals surface area contributed by atoms with Crippen molar-refractivity contribution >= 4 is 43.7 Å². The lowest BCUT2D eigenvalue weighted by atomic mass is 10.0. The van der Waals surface area contributed by atoms with E-state index in [-0.39, 0.29) is 0 Å². The maximum atomic E-state index is 6.18. The minimum Gasteiger partial charge on any atom is -0.456 e. The molecular weight excluding hydrogens is 613 g/mol. The number of hydrogen-bond donors (Lipinski definition) is 0. The van der Waals surface area contributed by atoms with Crippen LogP contribution in [0.2, 0.25) is 0 Å². The van der Waals surface area contributed by atoms with Crippen LogP contribution < -0.4 is 0 Å². The summed E-state index contributed by atoms with van der Waals surface area (Å²) in [5, 5.41) is 4.56. The summed E-state index contributed by atoms with van der Waals surface area (Å²) in [6, 6.07) is 58.6. The predicted molar refractivity (Wildman–Crippen MR) is 203 cm³/mol. The number of furan rings is 1. The molecule has 0 N–H and O–H groups in total. The lowest BCUT2D eigenvalue weighted by Gasteiger charge is -2.11. The van der Waals surface area contributed by atoms with Gasteiger partial charge in [-0.05, 0) is 52.6 Å². The van der Waals surface area contributed by atoms with Gasteiger partial charge in [0.25, 0.3) is 0 Å². The van der Waals surface area contributed by atoms with Crippen molar-refractivity contribution in [2.24, 2.45) is 0 Å². The van der Waals surface area contributed by atoms with E-state index in [4.69, 9.17) is 19.4 Å². The second kappa shape index (κ2) is 11.4. The second-order valence-corrected chi connectivity index (χ2v) is 12.5. The van der Waals surface area contributed by atoms with E-state index in [1.807, 2.05) is 24.3 Å². The van der Waals surface area contributed by atoms with Gasteiger partial charge < -0.3 is 4.42 Å². The van der Waals surface area contributed by atoms with Crippen LogP contribution in [0.15, 0.2) is 174 Å². The van der Waals surface area contributed by atoms with Crippen molar-refractivity contribution in [1.82, 2.24) is 19.5 Å². The molecule has 0 amide bonds. The summed E-state index contributed by atoms with van der Waals surface area (Å²) in [5.74, 6) is 1.80. The number of fused-ring (bicyclic) bond motifs is 6. The molecule has 0 spiro atoms. The molecule has 0 aliphatic carbocycles. The van der Waals surface area contributed by atoms with Crippen molar-refractivity contribution in [3.05, 3.63) is 170 Å². The first kappa shape index (κ1) is 28.2. The Kier molecular flexibility index (Phi) is 6.42. The number of hydrogen-bond acceptors (Lipinski definition) is 4. The van der Waals surface area contributed by atoms with Crippen LogP contribution in [0.3, 0.4) is 0 Å². The van der Waals surface area contributed by atoms with Gasteiger partial charge >= 0.3 is 0 Å². The Morgan fingerprint density at radius 2 is 0.800 bits per heavy atom. The summed E-state index contributed by atoms with van der Waals surface area (Å²) in [6.07, 6.45) is 0. The first-order chi connectivity index (χ1) is 24.8. The molecule has 5 heteroatoms. The second-order valence-electron chi connectivity index (χ2n) is 12.5. The fourth-order valence-corrected chi connectivity index (χ4v) is 7.02. The van der Waals surface area contributed by atoms with Crippen molar-refractivity contribution in [3.8, 4) is 51.0 Å². The molecule has 5 nitrogen and oxygen atoms in total. The molecule has 50 heavy (non-hydrogen) atoms. The quantitative estimate of drug-likeness (QED) is 0.188. The molecule has 0 atom stereocenters. The summed E-state index contributed by atoms with van der Waals surface area (Å²) in [7, 11) is 0. The molecule has 234 valence electrons.